The molecule has 0 aliphatic carbocycles. The first kappa shape index (κ1) is 10.6. The Bertz CT molecular complexity index is 309. The average molecular weight is 190 g/mol. The molecule has 14 heavy (non-hydrogen) atoms. The van der Waals surface area contributed by atoms with Crippen LogP contribution < -0.4 is 11.1 Å². The molecule has 1 aromatic rings. The second kappa shape index (κ2) is 4.70. The molecule has 0 saturated carbocycles. The molecule has 0 saturated heterocycles. The van der Waals surface area contributed by atoms with E-state index in [9.17, 15) is 0 Å². The van der Waals surface area contributed by atoms with Crippen molar-refractivity contribution in [2.75, 3.05) is 17.6 Å². The molecule has 0 aromatic heterocycles. The number of nitrogens with one attached hydrogen (secondary N) is 1. The monoisotopic (exact) mass is 190 g/mol. The lowest BCUT2D eigenvalue weighted by Crippen LogP contribution is -2.07. The molecule has 0 atom stereocenters. The molecule has 0 fully saturated rings. The van der Waals surface area contributed by atoms with Crippen LogP contribution in [0.2, 0.25) is 0 Å². The zero-order chi connectivity index (χ0) is 10.6. The van der Waals surface area contributed by atoms with Gasteiger partial charge in [0, 0.05) is 6.54 Å². The van der Waals surface area contributed by atoms with Gasteiger partial charge in [-0.15, -0.1) is 0 Å². The van der Waals surface area contributed by atoms with Crippen LogP contribution in [-0.4, -0.2) is 6.54 Å². The zero-order valence-electron chi connectivity index (χ0n) is 8.93. The largest absolute Gasteiger partial charge is 0.397 e. The Labute approximate surface area is 85.8 Å². The van der Waals surface area contributed by atoms with Gasteiger partial charge >= 0.3 is 0 Å². The van der Waals surface area contributed by atoms with Crippen LogP contribution in [-0.2, 0) is 0 Å². The molecule has 2 nitrogen and oxygen atoms in total. The molecule has 1 aromatic carbocycles. The summed E-state index contributed by atoms with van der Waals surface area (Å²) in [5.41, 5.74) is 10.0. The number of nitrogens with two attached hydrogens (primary N) is 1. The van der Waals surface area contributed by atoms with Crippen molar-refractivity contribution >= 4 is 11.4 Å². The number of benzene rings is 1. The lowest BCUT2D eigenvalue weighted by atomic mass is 10.1. The zero-order valence-corrected chi connectivity index (χ0v) is 8.93. The molecule has 76 valence electrons. The molecule has 0 radical (unpaired) electrons. The average Bonchev–Trinajstić information content (AvgIpc) is 2.16. The van der Waals surface area contributed by atoms with Crippen molar-refractivity contribution in [3.63, 3.8) is 0 Å². The van der Waals surface area contributed by atoms with Gasteiger partial charge in [-0.1, -0.05) is 31.2 Å². The molecule has 0 heterocycles. The Kier molecular flexibility index (Phi) is 3.57. The SMILES string of the molecule is C=C(CC)CNc1c(C)cccc1N. The summed E-state index contributed by atoms with van der Waals surface area (Å²) in [6, 6.07) is 5.92. The molecule has 1 rings (SSSR count). The van der Waals surface area contributed by atoms with Crippen molar-refractivity contribution in [1.29, 1.82) is 0 Å². The van der Waals surface area contributed by atoms with E-state index in [4.69, 9.17) is 5.73 Å². The van der Waals surface area contributed by atoms with Gasteiger partial charge in [-0.25, -0.2) is 0 Å². The van der Waals surface area contributed by atoms with E-state index >= 15 is 0 Å². The Morgan fingerprint density at radius 2 is 2.21 bits per heavy atom. The van der Waals surface area contributed by atoms with Gasteiger partial charge in [-0.3, -0.25) is 0 Å². The maximum atomic E-state index is 5.86. The number of anilines is 2. The third kappa shape index (κ3) is 2.52. The Balaban J connectivity index is 2.71. The summed E-state index contributed by atoms with van der Waals surface area (Å²) >= 11 is 0. The van der Waals surface area contributed by atoms with Gasteiger partial charge in [-0.2, -0.15) is 0 Å². The van der Waals surface area contributed by atoms with Crippen LogP contribution >= 0.6 is 0 Å². The van der Waals surface area contributed by atoms with E-state index in [1.807, 2.05) is 25.1 Å². The molecule has 0 bridgehead atoms. The number of hydrogen-bond donors (Lipinski definition) is 2. The summed E-state index contributed by atoms with van der Waals surface area (Å²) < 4.78 is 0. The van der Waals surface area contributed by atoms with Gasteiger partial charge in [0.05, 0.1) is 11.4 Å². The molecule has 2 heteroatoms. The highest BCUT2D eigenvalue weighted by Crippen LogP contribution is 2.22. The van der Waals surface area contributed by atoms with E-state index in [0.29, 0.717) is 0 Å². The second-order valence-corrected chi connectivity index (χ2v) is 3.50. The summed E-state index contributed by atoms with van der Waals surface area (Å²) in [5, 5.41) is 3.31. The summed E-state index contributed by atoms with van der Waals surface area (Å²) in [4.78, 5) is 0. The summed E-state index contributed by atoms with van der Waals surface area (Å²) in [5.74, 6) is 0. The van der Waals surface area contributed by atoms with Crippen molar-refractivity contribution in [2.45, 2.75) is 20.3 Å². The van der Waals surface area contributed by atoms with E-state index in [-0.39, 0.29) is 0 Å². The molecule has 0 amide bonds. The molecule has 0 unspecified atom stereocenters. The van der Waals surface area contributed by atoms with Crippen molar-refractivity contribution < 1.29 is 0 Å². The van der Waals surface area contributed by atoms with Crippen LogP contribution in [0.3, 0.4) is 0 Å². The minimum absolute atomic E-state index is 0.797. The fraction of sp³-hybridized carbons (Fsp3) is 0.333. The Morgan fingerprint density at radius 3 is 2.79 bits per heavy atom. The fourth-order valence-corrected chi connectivity index (χ4v) is 1.27. The standard InChI is InChI=1S/C12H18N2/c1-4-9(2)8-14-12-10(3)6-5-7-11(12)13/h5-7,14H,2,4,8,13H2,1,3H3. The third-order valence-corrected chi connectivity index (χ3v) is 2.32. The maximum Gasteiger partial charge on any atom is 0.0606 e. The van der Waals surface area contributed by atoms with Crippen LogP contribution in [0.25, 0.3) is 0 Å². The Morgan fingerprint density at radius 1 is 1.50 bits per heavy atom. The maximum absolute atomic E-state index is 5.86. The lowest BCUT2D eigenvalue weighted by molar-refractivity contribution is 1.05. The van der Waals surface area contributed by atoms with Crippen LogP contribution in [0.5, 0.6) is 0 Å². The Hall–Kier alpha value is -1.44. The van der Waals surface area contributed by atoms with E-state index in [0.717, 1.165) is 24.3 Å². The number of nitrogen functional groups attached to an aromatic ring is 1. The lowest BCUT2D eigenvalue weighted by Gasteiger charge is -2.12. The minimum atomic E-state index is 0.797. The smallest absolute Gasteiger partial charge is 0.0606 e. The number of rotatable bonds is 4. The van der Waals surface area contributed by atoms with E-state index in [1.54, 1.807) is 0 Å². The number of hydrogen-bond acceptors (Lipinski definition) is 2. The summed E-state index contributed by atoms with van der Waals surface area (Å²) in [6.45, 7) is 8.89. The summed E-state index contributed by atoms with van der Waals surface area (Å²) in [6.07, 6.45) is 0.999. The van der Waals surface area contributed by atoms with Gasteiger partial charge < -0.3 is 11.1 Å². The number of para-hydroxylation sites is 1. The molecule has 0 aliphatic heterocycles. The van der Waals surface area contributed by atoms with Crippen LogP contribution in [0, 0.1) is 6.92 Å². The molecule has 3 N–H and O–H groups in total. The normalized spacial score (nSPS) is 9.86. The molecular formula is C12H18N2. The van der Waals surface area contributed by atoms with Gasteiger partial charge in [0.25, 0.3) is 0 Å². The predicted octanol–water partition coefficient (Wildman–Crippen LogP) is 2.96. The van der Waals surface area contributed by atoms with Crippen molar-refractivity contribution in [3.8, 4) is 0 Å². The third-order valence-electron chi connectivity index (χ3n) is 2.32. The van der Waals surface area contributed by atoms with Crippen molar-refractivity contribution in [2.24, 2.45) is 0 Å². The molecule has 0 aliphatic rings. The highest BCUT2D eigenvalue weighted by Gasteiger charge is 2.01. The van der Waals surface area contributed by atoms with E-state index in [1.165, 1.54) is 11.1 Å². The predicted molar refractivity (Wildman–Crippen MR) is 63.5 cm³/mol. The number of aryl methyl sites for hydroxylation is 1. The van der Waals surface area contributed by atoms with E-state index in [2.05, 4.69) is 18.8 Å². The second-order valence-electron chi connectivity index (χ2n) is 3.50. The first-order chi connectivity index (χ1) is 6.65. The van der Waals surface area contributed by atoms with Gasteiger partial charge in [0.15, 0.2) is 0 Å². The minimum Gasteiger partial charge on any atom is -0.397 e. The van der Waals surface area contributed by atoms with Crippen LogP contribution in [0.4, 0.5) is 11.4 Å². The van der Waals surface area contributed by atoms with Gasteiger partial charge in [0.1, 0.15) is 0 Å². The highest BCUT2D eigenvalue weighted by atomic mass is 14.9. The molecule has 0 spiro atoms. The van der Waals surface area contributed by atoms with Crippen LogP contribution in [0.1, 0.15) is 18.9 Å². The van der Waals surface area contributed by atoms with Gasteiger partial charge in [0.2, 0.25) is 0 Å². The van der Waals surface area contributed by atoms with Crippen molar-refractivity contribution in [3.05, 3.63) is 35.9 Å². The first-order valence-electron chi connectivity index (χ1n) is 4.90. The quantitative estimate of drug-likeness (QED) is 0.566. The fourth-order valence-electron chi connectivity index (χ4n) is 1.27. The molecular weight excluding hydrogens is 172 g/mol. The van der Waals surface area contributed by atoms with E-state index < -0.39 is 0 Å². The van der Waals surface area contributed by atoms with Crippen LogP contribution in [0.15, 0.2) is 30.4 Å². The first-order valence-corrected chi connectivity index (χ1v) is 4.90. The van der Waals surface area contributed by atoms with Gasteiger partial charge in [-0.05, 0) is 25.0 Å². The topological polar surface area (TPSA) is 38.0 Å². The highest BCUT2D eigenvalue weighted by molar-refractivity contribution is 5.70. The van der Waals surface area contributed by atoms with Crippen molar-refractivity contribution in [1.82, 2.24) is 0 Å². The summed E-state index contributed by atoms with van der Waals surface area (Å²) in [7, 11) is 0.